The number of nitrogens with zero attached hydrogens (tertiary/aromatic N) is 6. The van der Waals surface area contributed by atoms with Gasteiger partial charge in [0.25, 0.3) is 5.88 Å². The van der Waals surface area contributed by atoms with Crippen molar-refractivity contribution in [2.24, 2.45) is 0 Å². The molecule has 0 radical (unpaired) electrons. The summed E-state index contributed by atoms with van der Waals surface area (Å²) < 4.78 is 29.0. The number of halogens is 2. The Balaban J connectivity index is 1.58. The topological polar surface area (TPSA) is 91.9 Å². The van der Waals surface area contributed by atoms with Crippen molar-refractivity contribution in [1.29, 1.82) is 0 Å². The van der Waals surface area contributed by atoms with Gasteiger partial charge in [-0.25, -0.2) is 14.1 Å². The minimum absolute atomic E-state index is 0.0768. The predicted molar refractivity (Wildman–Crippen MR) is 100 cm³/mol. The van der Waals surface area contributed by atoms with Crippen molar-refractivity contribution in [3.63, 3.8) is 0 Å². The van der Waals surface area contributed by atoms with Crippen LogP contribution in [0.25, 0.3) is 11.0 Å². The predicted octanol–water partition coefficient (Wildman–Crippen LogP) is 2.81. The van der Waals surface area contributed by atoms with Gasteiger partial charge < -0.3 is 14.8 Å². The van der Waals surface area contributed by atoms with Crippen molar-refractivity contribution in [3.8, 4) is 5.88 Å². The molecule has 0 aliphatic carbocycles. The van der Waals surface area contributed by atoms with E-state index in [-0.39, 0.29) is 12.6 Å². The Morgan fingerprint density at radius 1 is 1.32 bits per heavy atom. The summed E-state index contributed by atoms with van der Waals surface area (Å²) >= 11 is 6.19. The van der Waals surface area contributed by atoms with Crippen LogP contribution in [0.2, 0.25) is 5.15 Å². The Hall–Kier alpha value is -2.46. The van der Waals surface area contributed by atoms with Crippen molar-refractivity contribution in [3.05, 3.63) is 17.0 Å². The van der Waals surface area contributed by atoms with Gasteiger partial charge in [-0.3, -0.25) is 4.68 Å². The molecule has 1 fully saturated rings. The van der Waals surface area contributed by atoms with Gasteiger partial charge >= 0.3 is 0 Å². The van der Waals surface area contributed by atoms with E-state index < -0.39 is 6.17 Å². The summed E-state index contributed by atoms with van der Waals surface area (Å²) in [6.45, 7) is 3.49. The number of hydrogen-bond donors (Lipinski definition) is 1. The molecule has 148 valence electrons. The maximum atomic E-state index is 14.4. The lowest BCUT2D eigenvalue weighted by molar-refractivity contribution is -0.000995. The SMILES string of the molecule is Cc1c2c(nn1[C@@H]1CCOC[C@@H]1F)OCCCn1nc(Cl)c3cnc(nc31)N2. The average Bonchev–Trinajstić information content (AvgIpc) is 3.16. The lowest BCUT2D eigenvalue weighted by atomic mass is 10.1. The van der Waals surface area contributed by atoms with Crippen LogP contribution in [0.1, 0.15) is 24.6 Å². The molecule has 28 heavy (non-hydrogen) atoms. The van der Waals surface area contributed by atoms with E-state index in [0.29, 0.717) is 66.3 Å². The van der Waals surface area contributed by atoms with Crippen LogP contribution in [0.3, 0.4) is 0 Å². The third kappa shape index (κ3) is 2.87. The number of rotatable bonds is 1. The fourth-order valence-electron chi connectivity index (χ4n) is 3.66. The van der Waals surface area contributed by atoms with Crippen LogP contribution in [0.15, 0.2) is 6.20 Å². The number of nitrogens with one attached hydrogen (secondary N) is 1. The highest BCUT2D eigenvalue weighted by Crippen LogP contribution is 2.35. The maximum absolute atomic E-state index is 14.4. The first-order valence-corrected chi connectivity index (χ1v) is 9.59. The van der Waals surface area contributed by atoms with E-state index in [2.05, 4.69) is 25.5 Å². The zero-order valence-corrected chi connectivity index (χ0v) is 16.0. The monoisotopic (exact) mass is 407 g/mol. The minimum atomic E-state index is -1.11. The molecule has 11 heteroatoms. The van der Waals surface area contributed by atoms with Gasteiger partial charge in [0.2, 0.25) is 5.95 Å². The fraction of sp³-hybridized carbons (Fsp3) is 0.529. The van der Waals surface area contributed by atoms with Crippen LogP contribution in [-0.2, 0) is 11.3 Å². The maximum Gasteiger partial charge on any atom is 0.257 e. The molecule has 5 rings (SSSR count). The van der Waals surface area contributed by atoms with Crippen LogP contribution in [0.4, 0.5) is 16.0 Å². The van der Waals surface area contributed by atoms with Crippen LogP contribution < -0.4 is 10.1 Å². The van der Waals surface area contributed by atoms with Crippen molar-refractivity contribution >= 4 is 34.3 Å². The molecule has 3 aromatic rings. The molecular formula is C17H19ClFN7O2. The summed E-state index contributed by atoms with van der Waals surface area (Å²) in [4.78, 5) is 8.90. The Kier molecular flexibility index (Phi) is 4.31. The van der Waals surface area contributed by atoms with Crippen molar-refractivity contribution in [1.82, 2.24) is 29.5 Å². The second kappa shape index (κ2) is 6.85. The van der Waals surface area contributed by atoms with Crippen LogP contribution >= 0.6 is 11.6 Å². The fourth-order valence-corrected chi connectivity index (χ4v) is 3.89. The van der Waals surface area contributed by atoms with E-state index >= 15 is 0 Å². The highest BCUT2D eigenvalue weighted by molar-refractivity contribution is 6.34. The van der Waals surface area contributed by atoms with E-state index in [0.717, 1.165) is 5.69 Å². The number of hydrogen-bond acceptors (Lipinski definition) is 7. The third-order valence-electron chi connectivity index (χ3n) is 5.12. The van der Waals surface area contributed by atoms with Gasteiger partial charge in [0.05, 0.1) is 30.3 Å². The summed E-state index contributed by atoms with van der Waals surface area (Å²) in [5, 5.41) is 13.1. The lowest BCUT2D eigenvalue weighted by Gasteiger charge is -2.27. The number of aromatic nitrogens is 6. The number of fused-ring (bicyclic) bond motifs is 2. The van der Waals surface area contributed by atoms with Crippen molar-refractivity contribution in [2.45, 2.75) is 38.5 Å². The lowest BCUT2D eigenvalue weighted by Crippen LogP contribution is -2.32. The normalized spacial score (nSPS) is 22.4. The van der Waals surface area contributed by atoms with Gasteiger partial charge in [-0.1, -0.05) is 11.6 Å². The molecule has 0 saturated carbocycles. The molecule has 1 saturated heterocycles. The molecule has 0 aromatic carbocycles. The molecule has 0 amide bonds. The minimum Gasteiger partial charge on any atom is -0.475 e. The molecule has 2 aliphatic heterocycles. The number of ether oxygens (including phenoxy) is 2. The van der Waals surface area contributed by atoms with Crippen molar-refractivity contribution < 1.29 is 13.9 Å². The average molecular weight is 408 g/mol. The van der Waals surface area contributed by atoms with Gasteiger partial charge in [-0.2, -0.15) is 10.1 Å². The summed E-state index contributed by atoms with van der Waals surface area (Å²) in [6.07, 6.45) is 1.78. The molecule has 1 N–H and O–H groups in total. The Labute approximate surface area is 164 Å². The first-order valence-electron chi connectivity index (χ1n) is 9.21. The largest absolute Gasteiger partial charge is 0.475 e. The van der Waals surface area contributed by atoms with E-state index in [9.17, 15) is 4.39 Å². The second-order valence-corrected chi connectivity index (χ2v) is 7.29. The summed E-state index contributed by atoms with van der Waals surface area (Å²) in [7, 11) is 0. The Bertz CT molecular complexity index is 1040. The molecular weight excluding hydrogens is 389 g/mol. The quantitative estimate of drug-likeness (QED) is 0.663. The van der Waals surface area contributed by atoms with E-state index in [4.69, 9.17) is 21.1 Å². The standard InChI is InChI=1S/C17H19ClFN7O2/c1-9-13-16(24-26(9)12-3-6-27-8-11(12)19)28-5-2-4-25-15-10(14(18)23-25)7-20-17(21-13)22-15/h7,11-12H,2-6,8H2,1H3,(H,20,21,22)/t11-,12+/m0/s1. The van der Waals surface area contributed by atoms with Gasteiger partial charge in [0, 0.05) is 25.8 Å². The van der Waals surface area contributed by atoms with E-state index in [1.54, 1.807) is 15.6 Å². The first-order chi connectivity index (χ1) is 13.6. The highest BCUT2D eigenvalue weighted by atomic mass is 35.5. The van der Waals surface area contributed by atoms with Gasteiger partial charge in [-0.05, 0) is 13.3 Å². The van der Waals surface area contributed by atoms with E-state index in [1.165, 1.54) is 0 Å². The molecule has 5 heterocycles. The van der Waals surface area contributed by atoms with E-state index in [1.807, 2.05) is 6.92 Å². The van der Waals surface area contributed by atoms with Gasteiger partial charge in [0.15, 0.2) is 10.8 Å². The molecule has 2 bridgehead atoms. The van der Waals surface area contributed by atoms with Crippen LogP contribution in [-0.4, -0.2) is 55.5 Å². The Morgan fingerprint density at radius 2 is 2.21 bits per heavy atom. The highest BCUT2D eigenvalue weighted by Gasteiger charge is 2.31. The smallest absolute Gasteiger partial charge is 0.257 e. The molecule has 2 aliphatic rings. The van der Waals surface area contributed by atoms with Crippen molar-refractivity contribution in [2.75, 3.05) is 25.1 Å². The summed E-state index contributed by atoms with van der Waals surface area (Å²) in [6, 6.07) is -0.386. The zero-order valence-electron chi connectivity index (χ0n) is 15.2. The van der Waals surface area contributed by atoms with Crippen LogP contribution in [0.5, 0.6) is 5.88 Å². The number of aryl methyl sites for hydroxylation is 1. The third-order valence-corrected chi connectivity index (χ3v) is 5.40. The molecule has 3 aromatic heterocycles. The molecule has 9 nitrogen and oxygen atoms in total. The summed E-state index contributed by atoms with van der Waals surface area (Å²) in [5.41, 5.74) is 2.06. The number of anilines is 2. The Morgan fingerprint density at radius 3 is 3.07 bits per heavy atom. The molecule has 0 spiro atoms. The first kappa shape index (κ1) is 17.6. The summed E-state index contributed by atoms with van der Waals surface area (Å²) in [5.74, 6) is 0.793. The molecule has 0 unspecified atom stereocenters. The zero-order chi connectivity index (χ0) is 19.3. The van der Waals surface area contributed by atoms with Crippen LogP contribution in [0, 0.1) is 6.92 Å². The second-order valence-electron chi connectivity index (χ2n) is 6.93. The van der Waals surface area contributed by atoms with Gasteiger partial charge in [-0.15, -0.1) is 5.10 Å². The number of alkyl halides is 1. The molecule has 2 atom stereocenters. The van der Waals surface area contributed by atoms with Gasteiger partial charge in [0.1, 0.15) is 11.9 Å².